The topological polar surface area (TPSA) is 57.2 Å². The lowest BCUT2D eigenvalue weighted by molar-refractivity contribution is -0.278. The van der Waals surface area contributed by atoms with Gasteiger partial charge in [0.05, 0.1) is 33.4 Å². The summed E-state index contributed by atoms with van der Waals surface area (Å²) in [5.74, 6) is 0.0998. The first-order valence-corrected chi connectivity index (χ1v) is 17.7. The van der Waals surface area contributed by atoms with Gasteiger partial charge in [-0.25, -0.2) is 0 Å². The van der Waals surface area contributed by atoms with Crippen LogP contribution in [-0.2, 0) is 23.7 Å². The fourth-order valence-electron chi connectivity index (χ4n) is 6.53. The van der Waals surface area contributed by atoms with Crippen molar-refractivity contribution in [1.82, 2.24) is 4.90 Å². The lowest BCUT2D eigenvalue weighted by Gasteiger charge is -2.38. The van der Waals surface area contributed by atoms with E-state index in [1.165, 1.54) is 5.19 Å². The number of carbonyl (C=O) groups excluding carboxylic acids is 1. The Kier molecular flexibility index (Phi) is 8.24. The molecule has 3 fully saturated rings. The molecule has 7 heteroatoms. The first-order chi connectivity index (χ1) is 20.0. The van der Waals surface area contributed by atoms with Crippen LogP contribution in [0.25, 0.3) is 0 Å². The van der Waals surface area contributed by atoms with Crippen LogP contribution in [0.15, 0.2) is 103 Å². The number of hydrogen-bond acceptors (Lipinski definition) is 5. The summed E-state index contributed by atoms with van der Waals surface area (Å²) in [5.41, 5.74) is 2.07. The molecule has 3 aliphatic heterocycles. The molecule has 3 aromatic carbocycles. The summed E-state index contributed by atoms with van der Waals surface area (Å²) in [6.45, 7) is 7.51. The summed E-state index contributed by atoms with van der Waals surface area (Å²) in [6, 6.07) is 30.1. The van der Waals surface area contributed by atoms with Crippen molar-refractivity contribution in [3.63, 3.8) is 0 Å². The Bertz CT molecular complexity index is 1270. The number of amides is 1. The highest BCUT2D eigenvalue weighted by Crippen LogP contribution is 2.43. The van der Waals surface area contributed by atoms with Crippen molar-refractivity contribution in [1.29, 1.82) is 0 Å². The van der Waals surface area contributed by atoms with E-state index in [0.29, 0.717) is 19.6 Å². The summed E-state index contributed by atoms with van der Waals surface area (Å²) in [6.07, 6.45) is 3.08. The Morgan fingerprint density at radius 1 is 0.805 bits per heavy atom. The van der Waals surface area contributed by atoms with Gasteiger partial charge in [0.1, 0.15) is 12.2 Å². The third kappa shape index (κ3) is 5.57. The third-order valence-electron chi connectivity index (χ3n) is 8.89. The van der Waals surface area contributed by atoms with Crippen LogP contribution in [0.3, 0.4) is 0 Å². The smallest absolute Gasteiger partial charge is 0.223 e. The molecule has 0 spiro atoms. The van der Waals surface area contributed by atoms with Gasteiger partial charge in [-0.3, -0.25) is 4.79 Å². The van der Waals surface area contributed by atoms with E-state index in [4.69, 9.17) is 18.9 Å². The second-order valence-corrected chi connectivity index (χ2v) is 16.5. The maximum atomic E-state index is 14.3. The summed E-state index contributed by atoms with van der Waals surface area (Å²) >= 11 is 0. The Morgan fingerprint density at radius 3 is 1.73 bits per heavy atom. The maximum absolute atomic E-state index is 14.3. The fraction of sp³-hybridized carbons (Fsp3) is 0.382. The predicted octanol–water partition coefficient (Wildman–Crippen LogP) is 5.75. The van der Waals surface area contributed by atoms with Gasteiger partial charge in [-0.15, -0.1) is 0 Å². The van der Waals surface area contributed by atoms with Gasteiger partial charge in [-0.2, -0.15) is 0 Å². The number of rotatable bonds is 7. The number of likely N-dealkylation sites (tertiary alicyclic amines) is 1. The monoisotopic (exact) mass is 569 g/mol. The van der Waals surface area contributed by atoms with Crippen LogP contribution >= 0.6 is 0 Å². The zero-order valence-electron chi connectivity index (χ0n) is 24.0. The molecule has 0 aliphatic carbocycles. The van der Waals surface area contributed by atoms with Crippen molar-refractivity contribution in [2.75, 3.05) is 13.2 Å². The number of allylic oxidation sites excluding steroid dienone is 2. The van der Waals surface area contributed by atoms with Gasteiger partial charge in [0.15, 0.2) is 12.6 Å². The number of benzene rings is 3. The first kappa shape index (κ1) is 28.1. The quantitative estimate of drug-likeness (QED) is 0.268. The maximum Gasteiger partial charge on any atom is 0.223 e. The highest BCUT2D eigenvalue weighted by atomic mass is 28.3. The molecule has 1 unspecified atom stereocenters. The second-order valence-electron chi connectivity index (χ2n) is 11.7. The van der Waals surface area contributed by atoms with E-state index in [9.17, 15) is 4.79 Å². The molecule has 1 amide bonds. The Balaban J connectivity index is 1.28. The minimum atomic E-state index is -2.00. The zero-order valence-corrected chi connectivity index (χ0v) is 25.0. The van der Waals surface area contributed by atoms with Crippen molar-refractivity contribution >= 4 is 19.2 Å². The molecule has 214 valence electrons. The zero-order chi connectivity index (χ0) is 28.4. The molecule has 3 saturated heterocycles. The fourth-order valence-corrected chi connectivity index (χ4v) is 9.37. The number of ether oxygens (including phenoxy) is 4. The average molecular weight is 570 g/mol. The predicted molar refractivity (Wildman–Crippen MR) is 161 cm³/mol. The Labute approximate surface area is 243 Å². The first-order valence-electron chi connectivity index (χ1n) is 14.6. The largest absolute Gasteiger partial charge is 0.346 e. The molecule has 0 aromatic heterocycles. The van der Waals surface area contributed by atoms with Crippen LogP contribution in [0.5, 0.6) is 0 Å². The number of nitrogens with zero attached hydrogens (tertiary/aromatic N) is 1. The normalized spacial score (nSPS) is 28.7. The highest BCUT2D eigenvalue weighted by Gasteiger charge is 2.58. The van der Waals surface area contributed by atoms with Gasteiger partial charge >= 0.3 is 0 Å². The molecule has 41 heavy (non-hydrogen) atoms. The van der Waals surface area contributed by atoms with Crippen LogP contribution in [-0.4, -0.2) is 56.4 Å². The highest BCUT2D eigenvalue weighted by molar-refractivity contribution is 6.91. The lowest BCUT2D eigenvalue weighted by atomic mass is 10.0. The van der Waals surface area contributed by atoms with Crippen LogP contribution in [0, 0.1) is 0 Å². The van der Waals surface area contributed by atoms with Crippen molar-refractivity contribution in [2.45, 2.75) is 68.9 Å². The average Bonchev–Trinajstić information content (AvgIpc) is 3.35. The summed E-state index contributed by atoms with van der Waals surface area (Å²) in [5, 5.41) is 1.35. The number of carbonyl (C=O) groups is 1. The van der Waals surface area contributed by atoms with Crippen molar-refractivity contribution in [3.8, 4) is 0 Å². The third-order valence-corrected chi connectivity index (χ3v) is 13.0. The van der Waals surface area contributed by atoms with Gasteiger partial charge in [0, 0.05) is 17.5 Å². The van der Waals surface area contributed by atoms with E-state index in [1.54, 1.807) is 0 Å². The molecule has 3 aliphatic rings. The summed E-state index contributed by atoms with van der Waals surface area (Å²) < 4.78 is 25.7. The summed E-state index contributed by atoms with van der Waals surface area (Å²) in [7, 11) is -2.00. The van der Waals surface area contributed by atoms with Crippen molar-refractivity contribution in [3.05, 3.63) is 114 Å². The van der Waals surface area contributed by atoms with Gasteiger partial charge in [0.2, 0.25) is 5.91 Å². The van der Waals surface area contributed by atoms with E-state index in [-0.39, 0.29) is 35.7 Å². The molecular weight excluding hydrogens is 530 g/mol. The van der Waals surface area contributed by atoms with Gasteiger partial charge in [-0.1, -0.05) is 121 Å². The molecule has 6 rings (SSSR count). The standard InChI is InChI=1S/C34H39NO5Si/c1-4-14-27(41(2,3)26-19-12-7-13-20-26)21-30(36)35-28-22-37-33(24-15-8-5-9-16-24)39-31(28)32-29(35)23-38-34(40-32)25-17-10-6-11-18-25/h4-20,27-29,31-34H,21-23H2,1-3H3/b14-4+/t27?,28-,29-,31+,32+,33+,34+/m0/s1. The number of fused-ring (bicyclic) bond motifs is 3. The van der Waals surface area contributed by atoms with E-state index < -0.39 is 20.7 Å². The van der Waals surface area contributed by atoms with E-state index >= 15 is 0 Å². The van der Waals surface area contributed by atoms with Crippen molar-refractivity contribution in [2.24, 2.45) is 0 Å². The Hall–Kier alpha value is -3.07. The van der Waals surface area contributed by atoms with Crippen LogP contribution in [0.2, 0.25) is 18.6 Å². The minimum absolute atomic E-state index is 0.0998. The second kappa shape index (κ2) is 12.0. The molecule has 6 nitrogen and oxygen atoms in total. The van der Waals surface area contributed by atoms with E-state index in [2.05, 4.69) is 49.5 Å². The molecule has 0 saturated carbocycles. The summed E-state index contributed by atoms with van der Waals surface area (Å²) in [4.78, 5) is 16.3. The minimum Gasteiger partial charge on any atom is -0.346 e. The van der Waals surface area contributed by atoms with Crippen molar-refractivity contribution < 1.29 is 23.7 Å². The van der Waals surface area contributed by atoms with Crippen LogP contribution < -0.4 is 5.19 Å². The van der Waals surface area contributed by atoms with Gasteiger partial charge in [0.25, 0.3) is 0 Å². The van der Waals surface area contributed by atoms with E-state index in [0.717, 1.165) is 11.1 Å². The Morgan fingerprint density at radius 2 is 1.27 bits per heavy atom. The SMILES string of the molecule is C/C=C/C(CC(=O)N1[C@H]2CO[C@@H](c3ccccc3)O[C@H]2[C@@H]2O[C@H](c3ccccc3)OC[C@@H]21)[Si](C)(C)c1ccccc1. The molecule has 0 N–H and O–H groups in total. The molecule has 0 radical (unpaired) electrons. The number of hydrogen-bond donors (Lipinski definition) is 0. The molecular formula is C34H39NO5Si. The molecule has 3 aromatic rings. The van der Waals surface area contributed by atoms with Gasteiger partial charge in [-0.05, 0) is 12.5 Å². The van der Waals surface area contributed by atoms with Crippen LogP contribution in [0.4, 0.5) is 0 Å². The molecule has 7 atom stereocenters. The van der Waals surface area contributed by atoms with Crippen LogP contribution in [0.1, 0.15) is 37.1 Å². The molecule has 3 heterocycles. The van der Waals surface area contributed by atoms with Gasteiger partial charge < -0.3 is 23.8 Å². The lowest BCUT2D eigenvalue weighted by Crippen LogP contribution is -2.52. The van der Waals surface area contributed by atoms with E-state index in [1.807, 2.05) is 78.6 Å². The molecule has 0 bridgehead atoms.